The molecular formula is C15H19N3O. The van der Waals surface area contributed by atoms with E-state index in [9.17, 15) is 4.79 Å². The smallest absolute Gasteiger partial charge is 0.144 e. The Bertz CT molecular complexity index is 560. The van der Waals surface area contributed by atoms with Gasteiger partial charge in [-0.2, -0.15) is 5.10 Å². The summed E-state index contributed by atoms with van der Waals surface area (Å²) in [6.45, 7) is 4.93. The number of rotatable bonds is 6. The van der Waals surface area contributed by atoms with Gasteiger partial charge < -0.3 is 0 Å². The molecule has 0 spiro atoms. The van der Waals surface area contributed by atoms with Crippen LogP contribution in [-0.4, -0.2) is 20.5 Å². The minimum atomic E-state index is 0.177. The lowest BCUT2D eigenvalue weighted by Crippen LogP contribution is -2.13. The number of aryl methyl sites for hydroxylation is 2. The number of nitrogens with zero attached hydrogens (tertiary/aromatic N) is 3. The van der Waals surface area contributed by atoms with Crippen molar-refractivity contribution in [1.29, 1.82) is 0 Å². The van der Waals surface area contributed by atoms with Gasteiger partial charge in [0.1, 0.15) is 17.9 Å². The monoisotopic (exact) mass is 257 g/mol. The predicted molar refractivity (Wildman–Crippen MR) is 73.9 cm³/mol. The van der Waals surface area contributed by atoms with E-state index >= 15 is 0 Å². The molecule has 0 bridgehead atoms. The summed E-state index contributed by atoms with van der Waals surface area (Å²) in [6, 6.07) is 8.06. The topological polar surface area (TPSA) is 47.8 Å². The van der Waals surface area contributed by atoms with Crippen molar-refractivity contribution < 1.29 is 4.79 Å². The summed E-state index contributed by atoms with van der Waals surface area (Å²) < 4.78 is 1.81. The van der Waals surface area contributed by atoms with Crippen molar-refractivity contribution in [3.8, 4) is 0 Å². The lowest BCUT2D eigenvalue weighted by atomic mass is 10.0. The summed E-state index contributed by atoms with van der Waals surface area (Å²) in [5, 5.41) is 4.13. The molecule has 0 atom stereocenters. The largest absolute Gasteiger partial charge is 0.299 e. The molecule has 0 saturated carbocycles. The summed E-state index contributed by atoms with van der Waals surface area (Å²) in [4.78, 5) is 16.2. The molecule has 2 rings (SSSR count). The first-order chi connectivity index (χ1) is 9.19. The van der Waals surface area contributed by atoms with Crippen LogP contribution < -0.4 is 0 Å². The third-order valence-electron chi connectivity index (χ3n) is 2.97. The highest BCUT2D eigenvalue weighted by Gasteiger charge is 2.10. The van der Waals surface area contributed by atoms with Crippen molar-refractivity contribution in [2.75, 3.05) is 0 Å². The number of carbonyl (C=O) groups excluding carboxylic acids is 1. The van der Waals surface area contributed by atoms with Gasteiger partial charge in [0.25, 0.3) is 0 Å². The quantitative estimate of drug-likeness (QED) is 0.798. The Balaban J connectivity index is 1.99. The van der Waals surface area contributed by atoms with Crippen LogP contribution in [0.15, 0.2) is 30.6 Å². The number of Topliss-reactive ketones (excluding diaryl/α,β-unsaturated/α-hetero) is 1. The zero-order valence-electron chi connectivity index (χ0n) is 11.5. The minimum absolute atomic E-state index is 0.177. The predicted octanol–water partition coefficient (Wildman–Crippen LogP) is 2.35. The van der Waals surface area contributed by atoms with Gasteiger partial charge in [0.05, 0.1) is 6.42 Å². The summed E-state index contributed by atoms with van der Waals surface area (Å²) >= 11 is 0. The third-order valence-corrected chi connectivity index (χ3v) is 2.97. The first-order valence-electron chi connectivity index (χ1n) is 6.63. The highest BCUT2D eigenvalue weighted by atomic mass is 16.1. The molecule has 1 aromatic carbocycles. The molecule has 0 N–H and O–H groups in total. The molecular weight excluding hydrogens is 238 g/mol. The Labute approximate surface area is 113 Å². The van der Waals surface area contributed by atoms with E-state index in [0.717, 1.165) is 24.4 Å². The van der Waals surface area contributed by atoms with Crippen molar-refractivity contribution in [3.63, 3.8) is 0 Å². The molecule has 0 fully saturated rings. The molecule has 1 aromatic heterocycles. The van der Waals surface area contributed by atoms with Crippen molar-refractivity contribution in [3.05, 3.63) is 47.5 Å². The van der Waals surface area contributed by atoms with E-state index in [4.69, 9.17) is 0 Å². The van der Waals surface area contributed by atoms with Crippen molar-refractivity contribution in [2.24, 2.45) is 0 Å². The Morgan fingerprint density at radius 2 is 2.16 bits per heavy atom. The van der Waals surface area contributed by atoms with Gasteiger partial charge in [0.15, 0.2) is 0 Å². The van der Waals surface area contributed by atoms with Gasteiger partial charge in [-0.15, -0.1) is 0 Å². The highest BCUT2D eigenvalue weighted by Crippen LogP contribution is 2.07. The SMILES string of the molecule is CCCn1ncnc1CC(=O)Cc1cccc(C)c1. The Morgan fingerprint density at radius 1 is 1.32 bits per heavy atom. The van der Waals surface area contributed by atoms with Gasteiger partial charge in [-0.3, -0.25) is 4.79 Å². The zero-order chi connectivity index (χ0) is 13.7. The maximum Gasteiger partial charge on any atom is 0.144 e. The zero-order valence-corrected chi connectivity index (χ0v) is 11.5. The lowest BCUT2D eigenvalue weighted by molar-refractivity contribution is -0.117. The molecule has 1 heterocycles. The van der Waals surface area contributed by atoms with Gasteiger partial charge >= 0.3 is 0 Å². The van der Waals surface area contributed by atoms with Crippen LogP contribution in [0.25, 0.3) is 0 Å². The molecule has 100 valence electrons. The Hall–Kier alpha value is -1.97. The van der Waals surface area contributed by atoms with Gasteiger partial charge in [0.2, 0.25) is 0 Å². The van der Waals surface area contributed by atoms with E-state index in [-0.39, 0.29) is 5.78 Å². The molecule has 4 heteroatoms. The molecule has 0 radical (unpaired) electrons. The Kier molecular flexibility index (Phi) is 4.44. The van der Waals surface area contributed by atoms with Gasteiger partial charge in [-0.25, -0.2) is 9.67 Å². The van der Waals surface area contributed by atoms with E-state index in [2.05, 4.69) is 23.1 Å². The number of carbonyl (C=O) groups is 1. The van der Waals surface area contributed by atoms with E-state index in [1.807, 2.05) is 29.8 Å². The number of hydrogen-bond donors (Lipinski definition) is 0. The summed E-state index contributed by atoms with van der Waals surface area (Å²) in [7, 11) is 0. The molecule has 4 nitrogen and oxygen atoms in total. The lowest BCUT2D eigenvalue weighted by Gasteiger charge is -2.04. The molecule has 0 saturated heterocycles. The average Bonchev–Trinajstić information content (AvgIpc) is 2.77. The van der Waals surface area contributed by atoms with Gasteiger partial charge in [-0.1, -0.05) is 36.8 Å². The number of hydrogen-bond acceptors (Lipinski definition) is 3. The minimum Gasteiger partial charge on any atom is -0.299 e. The van der Waals surface area contributed by atoms with Crippen LogP contribution in [0.5, 0.6) is 0 Å². The second kappa shape index (κ2) is 6.27. The first kappa shape index (κ1) is 13.5. The van der Waals surface area contributed by atoms with Crippen molar-refractivity contribution >= 4 is 5.78 Å². The molecule has 0 amide bonds. The van der Waals surface area contributed by atoms with Crippen molar-refractivity contribution in [2.45, 2.75) is 39.7 Å². The fraction of sp³-hybridized carbons (Fsp3) is 0.400. The summed E-state index contributed by atoms with van der Waals surface area (Å²) in [5.41, 5.74) is 2.24. The maximum absolute atomic E-state index is 12.1. The standard InChI is InChI=1S/C15H19N3O/c1-3-7-18-15(16-11-17-18)10-14(19)9-13-6-4-5-12(2)8-13/h4-6,8,11H,3,7,9-10H2,1-2H3. The summed E-state index contributed by atoms with van der Waals surface area (Å²) in [5.74, 6) is 0.940. The highest BCUT2D eigenvalue weighted by molar-refractivity contribution is 5.82. The third kappa shape index (κ3) is 3.74. The molecule has 19 heavy (non-hydrogen) atoms. The van der Waals surface area contributed by atoms with Crippen LogP contribution in [0.1, 0.15) is 30.3 Å². The average molecular weight is 257 g/mol. The number of ketones is 1. The number of benzene rings is 1. The van der Waals surface area contributed by atoms with E-state index in [1.165, 1.54) is 11.9 Å². The van der Waals surface area contributed by atoms with E-state index in [1.54, 1.807) is 0 Å². The molecule has 0 unspecified atom stereocenters. The normalized spacial score (nSPS) is 10.6. The van der Waals surface area contributed by atoms with Crippen LogP contribution in [0.4, 0.5) is 0 Å². The molecule has 0 aliphatic rings. The summed E-state index contributed by atoms with van der Waals surface area (Å²) in [6.07, 6.45) is 3.32. The van der Waals surface area contributed by atoms with Crippen LogP contribution in [0.3, 0.4) is 0 Å². The van der Waals surface area contributed by atoms with E-state index < -0.39 is 0 Å². The van der Waals surface area contributed by atoms with Crippen LogP contribution in [0.2, 0.25) is 0 Å². The second-order valence-electron chi connectivity index (χ2n) is 4.78. The fourth-order valence-electron chi connectivity index (χ4n) is 2.11. The molecule has 2 aromatic rings. The van der Waals surface area contributed by atoms with Crippen molar-refractivity contribution in [1.82, 2.24) is 14.8 Å². The van der Waals surface area contributed by atoms with Crippen LogP contribution >= 0.6 is 0 Å². The molecule has 0 aliphatic heterocycles. The number of aromatic nitrogens is 3. The van der Waals surface area contributed by atoms with Crippen LogP contribution in [-0.2, 0) is 24.2 Å². The first-order valence-corrected chi connectivity index (χ1v) is 6.63. The van der Waals surface area contributed by atoms with Gasteiger partial charge in [-0.05, 0) is 18.9 Å². The van der Waals surface area contributed by atoms with Crippen LogP contribution in [0, 0.1) is 6.92 Å². The second-order valence-corrected chi connectivity index (χ2v) is 4.78. The fourth-order valence-corrected chi connectivity index (χ4v) is 2.11. The molecule has 0 aliphatic carbocycles. The Morgan fingerprint density at radius 3 is 2.89 bits per heavy atom. The van der Waals surface area contributed by atoms with Gasteiger partial charge in [0, 0.05) is 13.0 Å². The maximum atomic E-state index is 12.1. The van der Waals surface area contributed by atoms with E-state index in [0.29, 0.717) is 12.8 Å².